The van der Waals surface area contributed by atoms with Crippen LogP contribution in [0.25, 0.3) is 21.9 Å². The highest BCUT2D eigenvalue weighted by molar-refractivity contribution is 5.95. The van der Waals surface area contributed by atoms with Gasteiger partial charge in [-0.15, -0.1) is 0 Å². The van der Waals surface area contributed by atoms with Gasteiger partial charge in [-0.25, -0.2) is 4.39 Å². The van der Waals surface area contributed by atoms with E-state index in [9.17, 15) is 18.8 Å². The molecule has 2 aliphatic heterocycles. The highest BCUT2D eigenvalue weighted by Gasteiger charge is 2.37. The molecule has 7 rings (SSSR count). The Kier molecular flexibility index (Phi) is 10.3. The Balaban J connectivity index is 1.09. The van der Waals surface area contributed by atoms with E-state index in [1.54, 1.807) is 23.2 Å². The van der Waals surface area contributed by atoms with Gasteiger partial charge in [-0.05, 0) is 70.6 Å². The molecule has 0 aliphatic carbocycles. The van der Waals surface area contributed by atoms with Crippen molar-refractivity contribution in [2.75, 3.05) is 32.8 Å². The normalized spacial score (nSPS) is 18.4. The van der Waals surface area contributed by atoms with Crippen molar-refractivity contribution in [2.24, 2.45) is 0 Å². The van der Waals surface area contributed by atoms with E-state index in [0.29, 0.717) is 55.8 Å². The minimum Gasteiger partial charge on any atom is -0.491 e. The van der Waals surface area contributed by atoms with E-state index in [-0.39, 0.29) is 55.3 Å². The molecule has 260 valence electrons. The van der Waals surface area contributed by atoms with Gasteiger partial charge in [0.25, 0.3) is 5.91 Å². The molecule has 2 N–H and O–H groups in total. The average Bonchev–Trinajstić information content (AvgIpc) is 3.55. The number of aryl methyl sites for hydroxylation is 1. The Morgan fingerprint density at radius 3 is 2.61 bits per heavy atom. The summed E-state index contributed by atoms with van der Waals surface area (Å²) in [6.45, 7) is 1.55. The number of aromatic nitrogens is 1. The number of halogens is 1. The molecule has 2 atom stereocenters. The lowest BCUT2D eigenvalue weighted by atomic mass is 10.0. The van der Waals surface area contributed by atoms with Crippen molar-refractivity contribution in [1.82, 2.24) is 25.4 Å². The molecule has 51 heavy (non-hydrogen) atoms. The van der Waals surface area contributed by atoms with Gasteiger partial charge in [0.1, 0.15) is 18.2 Å². The van der Waals surface area contributed by atoms with Crippen LogP contribution < -0.4 is 15.4 Å². The van der Waals surface area contributed by atoms with Crippen LogP contribution >= 0.6 is 0 Å². The summed E-state index contributed by atoms with van der Waals surface area (Å²) in [7, 11) is 0. The number of hydrogen-bond donors (Lipinski definition) is 2. The van der Waals surface area contributed by atoms with Crippen molar-refractivity contribution < 1.29 is 23.5 Å². The van der Waals surface area contributed by atoms with Crippen molar-refractivity contribution in [3.63, 3.8) is 0 Å². The molecule has 5 aromatic rings. The second kappa shape index (κ2) is 15.5. The lowest BCUT2D eigenvalue weighted by Crippen LogP contribution is -2.46. The molecule has 0 saturated carbocycles. The number of fused-ring (bicyclic) bond motifs is 7. The average molecular weight is 686 g/mol. The van der Waals surface area contributed by atoms with E-state index in [1.807, 2.05) is 47.4 Å². The molecule has 1 aromatic heterocycles. The quantitative estimate of drug-likeness (QED) is 0.249. The number of pyridine rings is 1. The first-order valence-electron chi connectivity index (χ1n) is 17.4. The minimum atomic E-state index is -0.357. The van der Waals surface area contributed by atoms with Crippen molar-refractivity contribution in [3.05, 3.63) is 132 Å². The molecule has 1 saturated heterocycles. The van der Waals surface area contributed by atoms with E-state index in [4.69, 9.17) is 4.74 Å². The smallest absolute Gasteiger partial charge is 0.252 e. The van der Waals surface area contributed by atoms with Gasteiger partial charge >= 0.3 is 0 Å². The van der Waals surface area contributed by atoms with Gasteiger partial charge in [-0.3, -0.25) is 24.3 Å². The second-order valence-electron chi connectivity index (χ2n) is 13.3. The van der Waals surface area contributed by atoms with Gasteiger partial charge < -0.3 is 20.3 Å². The maximum atomic E-state index is 14.1. The van der Waals surface area contributed by atoms with Crippen LogP contribution in [0.3, 0.4) is 0 Å². The van der Waals surface area contributed by atoms with E-state index < -0.39 is 0 Å². The number of rotatable bonds is 6. The summed E-state index contributed by atoms with van der Waals surface area (Å²) in [4.78, 5) is 48.4. The maximum absolute atomic E-state index is 14.1. The lowest BCUT2D eigenvalue weighted by Gasteiger charge is -2.29. The summed E-state index contributed by atoms with van der Waals surface area (Å²) in [6, 6.07) is 29.5. The second-order valence-corrected chi connectivity index (χ2v) is 13.3. The van der Waals surface area contributed by atoms with E-state index in [2.05, 4.69) is 45.9 Å². The number of carbonyl (C=O) groups is 3. The van der Waals surface area contributed by atoms with E-state index >= 15 is 0 Å². The highest BCUT2D eigenvalue weighted by atomic mass is 19.1. The summed E-state index contributed by atoms with van der Waals surface area (Å²) in [6.07, 6.45) is 4.71. The van der Waals surface area contributed by atoms with Crippen molar-refractivity contribution >= 4 is 28.5 Å². The third-order valence-electron chi connectivity index (χ3n) is 9.53. The molecule has 10 heteroatoms. The number of nitrogens with zero attached hydrogens (tertiary/aromatic N) is 3. The van der Waals surface area contributed by atoms with Crippen LogP contribution in [0.5, 0.6) is 5.75 Å². The molecule has 0 radical (unpaired) electrons. The van der Waals surface area contributed by atoms with Gasteiger partial charge in [0.2, 0.25) is 11.8 Å². The molecule has 0 unspecified atom stereocenters. The summed E-state index contributed by atoms with van der Waals surface area (Å²) < 4.78 is 20.4. The number of ether oxygens (including phenoxy) is 1. The topological polar surface area (TPSA) is 104 Å². The Morgan fingerprint density at radius 1 is 0.882 bits per heavy atom. The molecule has 9 nitrogen and oxygen atoms in total. The van der Waals surface area contributed by atoms with Crippen LogP contribution in [-0.4, -0.2) is 77.4 Å². The van der Waals surface area contributed by atoms with Crippen LogP contribution in [0.4, 0.5) is 4.39 Å². The molecule has 3 amide bonds. The van der Waals surface area contributed by atoms with Crippen LogP contribution in [0.2, 0.25) is 0 Å². The lowest BCUT2D eigenvalue weighted by molar-refractivity contribution is -0.134. The largest absolute Gasteiger partial charge is 0.491 e. The first kappa shape index (κ1) is 33.9. The number of amides is 3. The van der Waals surface area contributed by atoms with Crippen LogP contribution in [-0.2, 0) is 22.6 Å². The SMILES string of the molecule is O=C(CCc1ccc2ccccc2c1)N[C@@H]1C[C@H]2COc3cccc(c3)-c3cncc(c3)C(=O)NCCN(Cc3cccc(F)c3)CC(=O)N2C1. The molecule has 4 bridgehead atoms. The number of benzene rings is 4. The fraction of sp³-hybridized carbons (Fsp3) is 0.268. The van der Waals surface area contributed by atoms with Crippen molar-refractivity contribution in [2.45, 2.75) is 37.9 Å². The molecule has 1 fully saturated rings. The first-order valence-corrected chi connectivity index (χ1v) is 17.4. The maximum Gasteiger partial charge on any atom is 0.252 e. The van der Waals surface area contributed by atoms with E-state index in [0.717, 1.165) is 27.5 Å². The Hall–Kier alpha value is -5.61. The van der Waals surface area contributed by atoms with Gasteiger partial charge in [-0.2, -0.15) is 0 Å². The predicted molar refractivity (Wildman–Crippen MR) is 193 cm³/mol. The predicted octanol–water partition coefficient (Wildman–Crippen LogP) is 5.38. The first-order chi connectivity index (χ1) is 24.9. The van der Waals surface area contributed by atoms with Gasteiger partial charge in [-0.1, -0.05) is 66.7 Å². The van der Waals surface area contributed by atoms with Crippen LogP contribution in [0.1, 0.15) is 34.3 Å². The summed E-state index contributed by atoms with van der Waals surface area (Å²) in [5.41, 5.74) is 3.85. The zero-order valence-corrected chi connectivity index (χ0v) is 28.3. The minimum absolute atomic E-state index is 0.0397. The van der Waals surface area contributed by atoms with Gasteiger partial charge in [0.05, 0.1) is 18.2 Å². The number of hydrogen-bond acceptors (Lipinski definition) is 6. The third kappa shape index (κ3) is 8.59. The summed E-state index contributed by atoms with van der Waals surface area (Å²) >= 11 is 0. The van der Waals surface area contributed by atoms with Gasteiger partial charge in [0, 0.05) is 56.6 Å². The molecule has 3 heterocycles. The monoisotopic (exact) mass is 685 g/mol. The molecular formula is C41H40FN5O4. The van der Waals surface area contributed by atoms with Crippen LogP contribution in [0.15, 0.2) is 109 Å². The van der Waals surface area contributed by atoms with Crippen molar-refractivity contribution in [3.8, 4) is 16.9 Å². The van der Waals surface area contributed by atoms with Crippen LogP contribution in [0, 0.1) is 5.82 Å². The Morgan fingerprint density at radius 2 is 1.73 bits per heavy atom. The Bertz CT molecular complexity index is 2050. The standard InChI is InChI=1S/C41H40FN5O4/c42-35-9-3-5-29(18-35)24-46-16-15-44-41(50)34-19-33(22-43-23-34)32-8-4-10-38(20-32)51-27-37-21-36(25-47(37)40(49)26-46)45-39(48)14-12-28-11-13-30-6-1-2-7-31(30)17-28/h1-11,13,17-20,22-23,36-37H,12,14-16,21,24-27H2,(H,44,50)(H,45,48)/t36-,37+/m1/s1. The van der Waals surface area contributed by atoms with E-state index in [1.165, 1.54) is 18.3 Å². The fourth-order valence-electron chi connectivity index (χ4n) is 6.94. The van der Waals surface area contributed by atoms with Gasteiger partial charge in [0.15, 0.2) is 0 Å². The molecular weight excluding hydrogens is 645 g/mol. The summed E-state index contributed by atoms with van der Waals surface area (Å²) in [5, 5.41) is 8.43. The number of carbonyl (C=O) groups excluding carboxylic acids is 3. The number of nitrogens with one attached hydrogen (secondary N) is 2. The highest BCUT2D eigenvalue weighted by Crippen LogP contribution is 2.26. The molecule has 4 aromatic carbocycles. The summed E-state index contributed by atoms with van der Waals surface area (Å²) in [5.74, 6) is -0.215. The Labute approximate surface area is 296 Å². The molecule has 0 spiro atoms. The third-order valence-corrected chi connectivity index (χ3v) is 9.53. The fourth-order valence-corrected chi connectivity index (χ4v) is 6.94. The zero-order valence-electron chi connectivity index (χ0n) is 28.3. The van der Waals surface area contributed by atoms with Crippen molar-refractivity contribution in [1.29, 1.82) is 0 Å². The molecule has 2 aliphatic rings. The zero-order chi connectivity index (χ0) is 35.2.